The van der Waals surface area contributed by atoms with E-state index in [4.69, 9.17) is 0 Å². The average Bonchev–Trinajstić information content (AvgIpc) is 2.85. The van der Waals surface area contributed by atoms with Crippen LogP contribution in [0.4, 0.5) is 13.2 Å². The van der Waals surface area contributed by atoms with Crippen molar-refractivity contribution in [2.45, 2.75) is 38.8 Å². The molecule has 1 atom stereocenters. The Balaban J connectivity index is 1.77. The lowest BCUT2D eigenvalue weighted by Crippen LogP contribution is -2.11. The number of benzene rings is 3. The van der Waals surface area contributed by atoms with Crippen LogP contribution in [0.25, 0.3) is 11.1 Å². The minimum atomic E-state index is -4.41. The number of rotatable bonds is 6. The molecule has 176 valence electrons. The fourth-order valence-electron chi connectivity index (χ4n) is 4.55. The Morgan fingerprint density at radius 1 is 0.886 bits per heavy atom. The van der Waals surface area contributed by atoms with Crippen LogP contribution in [0.2, 0.25) is 0 Å². The molecule has 0 bridgehead atoms. The minimum Gasteiger partial charge on any atom is -0.264 e. The maximum absolute atomic E-state index is 13.7. The van der Waals surface area contributed by atoms with Gasteiger partial charge in [-0.05, 0) is 84.3 Å². The Labute approximate surface area is 203 Å². The lowest BCUT2D eigenvalue weighted by atomic mass is 9.84. The highest BCUT2D eigenvalue weighted by Gasteiger charge is 2.33. The predicted octanol–water partition coefficient (Wildman–Crippen LogP) is 8.02. The first-order valence-corrected chi connectivity index (χ1v) is 11.4. The normalized spacial score (nSPS) is 12.2. The molecule has 0 aliphatic heterocycles. The highest BCUT2D eigenvalue weighted by molar-refractivity contribution is 5.74. The van der Waals surface area contributed by atoms with E-state index in [-0.39, 0.29) is 17.9 Å². The van der Waals surface area contributed by atoms with Gasteiger partial charge in [0.15, 0.2) is 0 Å². The van der Waals surface area contributed by atoms with Gasteiger partial charge in [0, 0.05) is 18.3 Å². The average molecular weight is 471 g/mol. The lowest BCUT2D eigenvalue weighted by Gasteiger charge is -2.21. The zero-order chi connectivity index (χ0) is 25.0. The van der Waals surface area contributed by atoms with E-state index in [9.17, 15) is 18.4 Å². The molecule has 2 nitrogen and oxygen atoms in total. The van der Waals surface area contributed by atoms with Gasteiger partial charge in [0.25, 0.3) is 0 Å². The first-order valence-electron chi connectivity index (χ1n) is 11.4. The van der Waals surface area contributed by atoms with Crippen molar-refractivity contribution in [2.24, 2.45) is 0 Å². The molecule has 3 aromatic carbocycles. The number of pyridine rings is 1. The molecule has 0 N–H and O–H groups in total. The van der Waals surface area contributed by atoms with Crippen LogP contribution in [0, 0.1) is 25.2 Å². The van der Waals surface area contributed by atoms with Gasteiger partial charge >= 0.3 is 6.18 Å². The summed E-state index contributed by atoms with van der Waals surface area (Å²) in [7, 11) is 0. The fraction of sp³-hybridized carbons (Fsp3) is 0.200. The number of nitriles is 1. The molecule has 1 unspecified atom stereocenters. The smallest absolute Gasteiger partial charge is 0.264 e. The molecule has 4 aromatic rings. The van der Waals surface area contributed by atoms with Crippen molar-refractivity contribution in [1.29, 1.82) is 5.26 Å². The van der Waals surface area contributed by atoms with Crippen molar-refractivity contribution in [3.8, 4) is 17.2 Å². The highest BCUT2D eigenvalue weighted by atomic mass is 19.4. The maximum atomic E-state index is 13.7. The van der Waals surface area contributed by atoms with E-state index in [0.717, 1.165) is 27.8 Å². The molecule has 0 radical (unpaired) electrons. The number of nitrogens with zero attached hydrogens (tertiary/aromatic N) is 2. The second-order valence-corrected chi connectivity index (χ2v) is 8.77. The van der Waals surface area contributed by atoms with Crippen LogP contribution in [0.1, 0.15) is 51.3 Å². The topological polar surface area (TPSA) is 36.7 Å². The molecule has 0 saturated carbocycles. The third-order valence-corrected chi connectivity index (χ3v) is 6.36. The summed E-state index contributed by atoms with van der Waals surface area (Å²) in [6, 6.07) is 24.1. The number of aryl methyl sites for hydroxylation is 3. The number of hydrogen-bond acceptors (Lipinski definition) is 2. The Kier molecular flexibility index (Phi) is 7.02. The van der Waals surface area contributed by atoms with Crippen molar-refractivity contribution < 1.29 is 13.2 Å². The van der Waals surface area contributed by atoms with Gasteiger partial charge in [-0.15, -0.1) is 0 Å². The van der Waals surface area contributed by atoms with Crippen molar-refractivity contribution >= 4 is 0 Å². The number of hydrogen-bond donors (Lipinski definition) is 0. The van der Waals surface area contributed by atoms with Gasteiger partial charge in [0.05, 0.1) is 17.2 Å². The number of halogens is 3. The van der Waals surface area contributed by atoms with Crippen LogP contribution >= 0.6 is 0 Å². The molecule has 0 fully saturated rings. The molecular weight excluding hydrogens is 445 g/mol. The quantitative estimate of drug-likeness (QED) is 0.286. The summed E-state index contributed by atoms with van der Waals surface area (Å²) in [6.07, 6.45) is -0.237. The van der Waals surface area contributed by atoms with E-state index in [2.05, 4.69) is 11.1 Å². The SMILES string of the molecule is Cc1ccc(CCC(c2cccnc2)c2ccc(C#N)c(-c3ccccc3C)c2)c(C(F)(F)F)c1. The Morgan fingerprint density at radius 3 is 2.37 bits per heavy atom. The number of aromatic nitrogens is 1. The van der Waals surface area contributed by atoms with E-state index in [0.29, 0.717) is 17.5 Å². The fourth-order valence-corrected chi connectivity index (χ4v) is 4.55. The van der Waals surface area contributed by atoms with E-state index in [1.165, 1.54) is 6.07 Å². The molecule has 1 heterocycles. The lowest BCUT2D eigenvalue weighted by molar-refractivity contribution is -0.138. The van der Waals surface area contributed by atoms with Crippen LogP contribution in [0.3, 0.4) is 0 Å². The van der Waals surface area contributed by atoms with Gasteiger partial charge in [-0.1, -0.05) is 54.1 Å². The second-order valence-electron chi connectivity index (χ2n) is 8.77. The molecule has 0 aliphatic rings. The van der Waals surface area contributed by atoms with E-state index in [1.807, 2.05) is 55.5 Å². The largest absolute Gasteiger partial charge is 0.416 e. The third-order valence-electron chi connectivity index (χ3n) is 6.36. The summed E-state index contributed by atoms with van der Waals surface area (Å²) in [4.78, 5) is 4.25. The van der Waals surface area contributed by atoms with Gasteiger partial charge in [-0.2, -0.15) is 18.4 Å². The molecule has 35 heavy (non-hydrogen) atoms. The summed E-state index contributed by atoms with van der Waals surface area (Å²) in [6.45, 7) is 3.67. The first-order chi connectivity index (χ1) is 16.8. The van der Waals surface area contributed by atoms with Crippen molar-refractivity contribution in [2.75, 3.05) is 0 Å². The molecular formula is C30H25F3N2. The summed E-state index contributed by atoms with van der Waals surface area (Å²) >= 11 is 0. The molecule has 0 saturated heterocycles. The van der Waals surface area contributed by atoms with Crippen LogP contribution < -0.4 is 0 Å². The number of alkyl halides is 3. The van der Waals surface area contributed by atoms with E-state index < -0.39 is 11.7 Å². The first kappa shape index (κ1) is 24.2. The van der Waals surface area contributed by atoms with Crippen molar-refractivity contribution in [3.63, 3.8) is 0 Å². The van der Waals surface area contributed by atoms with Gasteiger partial charge in [-0.25, -0.2) is 0 Å². The zero-order valence-electron chi connectivity index (χ0n) is 19.6. The zero-order valence-corrected chi connectivity index (χ0v) is 19.6. The molecule has 1 aromatic heterocycles. The van der Waals surface area contributed by atoms with Gasteiger partial charge in [0.2, 0.25) is 0 Å². The van der Waals surface area contributed by atoms with Crippen LogP contribution in [0.15, 0.2) is 85.2 Å². The summed E-state index contributed by atoms with van der Waals surface area (Å²) in [5.41, 5.74) is 5.55. The van der Waals surface area contributed by atoms with Gasteiger partial charge < -0.3 is 0 Å². The minimum absolute atomic E-state index is 0.179. The summed E-state index contributed by atoms with van der Waals surface area (Å²) in [5.74, 6) is -0.179. The van der Waals surface area contributed by atoms with E-state index >= 15 is 0 Å². The highest BCUT2D eigenvalue weighted by Crippen LogP contribution is 2.37. The Bertz CT molecular complexity index is 1370. The Morgan fingerprint density at radius 2 is 1.69 bits per heavy atom. The second kappa shape index (κ2) is 10.1. The van der Waals surface area contributed by atoms with Crippen LogP contribution in [-0.2, 0) is 12.6 Å². The third kappa shape index (κ3) is 5.44. The van der Waals surface area contributed by atoms with Crippen LogP contribution in [-0.4, -0.2) is 4.98 Å². The van der Waals surface area contributed by atoms with Gasteiger partial charge in [0.1, 0.15) is 0 Å². The molecule has 0 amide bonds. The summed E-state index contributed by atoms with van der Waals surface area (Å²) in [5, 5.41) is 9.73. The Hall–Kier alpha value is -3.91. The monoisotopic (exact) mass is 470 g/mol. The maximum Gasteiger partial charge on any atom is 0.416 e. The summed E-state index contributed by atoms with van der Waals surface area (Å²) < 4.78 is 41.2. The van der Waals surface area contributed by atoms with Gasteiger partial charge in [-0.3, -0.25) is 4.98 Å². The molecule has 0 spiro atoms. The molecule has 4 rings (SSSR count). The molecule has 5 heteroatoms. The van der Waals surface area contributed by atoms with E-state index in [1.54, 1.807) is 37.5 Å². The standard InChI is InChI=1S/C30H25F3N2/c1-20-9-10-22(29(16-20)30(31,32)33)13-14-27(25-7-5-15-35-19-25)23-11-12-24(18-34)28(17-23)26-8-4-3-6-21(26)2/h3-12,15-17,19,27H,13-14H2,1-2H3. The van der Waals surface area contributed by atoms with Crippen molar-refractivity contribution in [1.82, 2.24) is 4.98 Å². The predicted molar refractivity (Wildman–Crippen MR) is 132 cm³/mol. The molecule has 0 aliphatic carbocycles. The van der Waals surface area contributed by atoms with Crippen LogP contribution in [0.5, 0.6) is 0 Å². The van der Waals surface area contributed by atoms with Crippen molar-refractivity contribution in [3.05, 3.63) is 124 Å².